The zero-order valence-corrected chi connectivity index (χ0v) is 19.5. The molecule has 0 aliphatic carbocycles. The van der Waals surface area contributed by atoms with Crippen LogP contribution in [0.1, 0.15) is 28.6 Å². The van der Waals surface area contributed by atoms with Crippen molar-refractivity contribution in [2.45, 2.75) is 20.1 Å². The third-order valence-electron chi connectivity index (χ3n) is 5.53. The molecule has 1 atom stereocenters. The van der Waals surface area contributed by atoms with E-state index in [2.05, 4.69) is 26.5 Å². The summed E-state index contributed by atoms with van der Waals surface area (Å²) in [5, 5.41) is 25.8. The fraction of sp³-hybridized carbons (Fsp3) is 0.250. The average molecular weight is 460 g/mol. The molecule has 10 heteroatoms. The molecule has 0 saturated carbocycles. The largest absolute Gasteiger partial charge is 0.493 e. The van der Waals surface area contributed by atoms with Gasteiger partial charge in [-0.15, -0.1) is 0 Å². The van der Waals surface area contributed by atoms with Gasteiger partial charge in [-0.25, -0.2) is 0 Å². The average Bonchev–Trinajstić information content (AvgIpc) is 3.25. The molecule has 4 aromatic rings. The van der Waals surface area contributed by atoms with Crippen LogP contribution in [0.4, 0.5) is 0 Å². The van der Waals surface area contributed by atoms with Gasteiger partial charge in [0.25, 0.3) is 0 Å². The first-order valence-electron chi connectivity index (χ1n) is 10.3. The third kappa shape index (κ3) is 3.93. The minimum absolute atomic E-state index is 0.330. The Hall–Kier alpha value is -4.36. The number of nitrogens with one attached hydrogen (secondary N) is 1. The van der Waals surface area contributed by atoms with Gasteiger partial charge in [0.15, 0.2) is 29.2 Å². The second kappa shape index (κ2) is 9.25. The van der Waals surface area contributed by atoms with Crippen LogP contribution in [0.3, 0.4) is 0 Å². The summed E-state index contributed by atoms with van der Waals surface area (Å²) in [5.41, 5.74) is 11.0. The molecule has 0 radical (unpaired) electrons. The van der Waals surface area contributed by atoms with Crippen molar-refractivity contribution < 1.29 is 18.9 Å². The molecular weight excluding hydrogens is 436 g/mol. The van der Waals surface area contributed by atoms with Crippen molar-refractivity contribution in [1.82, 2.24) is 20.4 Å². The maximum absolute atomic E-state index is 9.60. The summed E-state index contributed by atoms with van der Waals surface area (Å²) < 4.78 is 22.4. The van der Waals surface area contributed by atoms with E-state index in [1.165, 1.54) is 14.2 Å². The number of hydrogen-bond acceptors (Lipinski definition) is 9. The van der Waals surface area contributed by atoms with E-state index >= 15 is 0 Å². The van der Waals surface area contributed by atoms with Gasteiger partial charge in [-0.1, -0.05) is 0 Å². The fourth-order valence-corrected chi connectivity index (χ4v) is 3.92. The maximum Gasteiger partial charge on any atom is 0.178 e. The number of nitrogens with two attached hydrogens (primary N) is 1. The van der Waals surface area contributed by atoms with Crippen molar-refractivity contribution >= 4 is 10.9 Å². The highest BCUT2D eigenvalue weighted by atomic mass is 16.5. The highest BCUT2D eigenvalue weighted by molar-refractivity contribution is 5.95. The molecule has 0 amide bonds. The first kappa shape index (κ1) is 22.8. The van der Waals surface area contributed by atoms with Crippen molar-refractivity contribution in [3.63, 3.8) is 0 Å². The number of rotatable bonds is 7. The molecule has 0 saturated heterocycles. The lowest BCUT2D eigenvalue weighted by Gasteiger charge is -2.19. The first-order valence-corrected chi connectivity index (χ1v) is 10.3. The SMILES string of the molecule is COc1cc2[nH]nc(-c3cc(C#N)c(OC)c(OC)c3)c2cc1O[C@H](N)c1c(C)cnnc1C. The summed E-state index contributed by atoms with van der Waals surface area (Å²) in [6, 6.07) is 9.19. The minimum Gasteiger partial charge on any atom is -0.493 e. The molecule has 0 aliphatic heterocycles. The first-order chi connectivity index (χ1) is 16.4. The third-order valence-corrected chi connectivity index (χ3v) is 5.53. The summed E-state index contributed by atoms with van der Waals surface area (Å²) in [7, 11) is 4.56. The van der Waals surface area contributed by atoms with Crippen LogP contribution in [0.25, 0.3) is 22.2 Å². The van der Waals surface area contributed by atoms with Gasteiger partial charge in [0.2, 0.25) is 0 Å². The number of fused-ring (bicyclic) bond motifs is 1. The molecule has 0 bridgehead atoms. The number of aromatic amines is 1. The van der Waals surface area contributed by atoms with Crippen molar-refractivity contribution in [3.8, 4) is 40.3 Å². The molecule has 0 spiro atoms. The highest BCUT2D eigenvalue weighted by Gasteiger charge is 2.21. The highest BCUT2D eigenvalue weighted by Crippen LogP contribution is 2.40. The maximum atomic E-state index is 9.60. The van der Waals surface area contributed by atoms with Gasteiger partial charge < -0.3 is 18.9 Å². The van der Waals surface area contributed by atoms with Gasteiger partial charge >= 0.3 is 0 Å². The monoisotopic (exact) mass is 460 g/mol. The van der Waals surface area contributed by atoms with Gasteiger partial charge in [-0.3, -0.25) is 10.8 Å². The van der Waals surface area contributed by atoms with Crippen LogP contribution in [0, 0.1) is 25.2 Å². The Morgan fingerprint density at radius 1 is 1.00 bits per heavy atom. The van der Waals surface area contributed by atoms with Crippen molar-refractivity contribution in [3.05, 3.63) is 52.8 Å². The smallest absolute Gasteiger partial charge is 0.178 e. The van der Waals surface area contributed by atoms with Crippen LogP contribution in [0.5, 0.6) is 23.0 Å². The van der Waals surface area contributed by atoms with Gasteiger partial charge in [0.05, 0.1) is 44.3 Å². The molecule has 174 valence electrons. The van der Waals surface area contributed by atoms with E-state index in [4.69, 9.17) is 24.7 Å². The Balaban J connectivity index is 1.83. The molecule has 0 fully saturated rings. The number of benzene rings is 2. The molecule has 34 heavy (non-hydrogen) atoms. The lowest BCUT2D eigenvalue weighted by Crippen LogP contribution is -2.21. The van der Waals surface area contributed by atoms with E-state index in [0.717, 1.165) is 22.0 Å². The molecule has 0 unspecified atom stereocenters. The second-order valence-electron chi connectivity index (χ2n) is 7.56. The zero-order valence-electron chi connectivity index (χ0n) is 19.5. The summed E-state index contributed by atoms with van der Waals surface area (Å²) in [6.45, 7) is 3.73. The number of aromatic nitrogens is 4. The zero-order chi connectivity index (χ0) is 24.4. The molecule has 4 rings (SSSR count). The van der Waals surface area contributed by atoms with Gasteiger partial charge in [0.1, 0.15) is 11.8 Å². The predicted octanol–water partition coefficient (Wildman–Crippen LogP) is 3.57. The molecule has 2 aromatic heterocycles. The summed E-state index contributed by atoms with van der Waals surface area (Å²) in [6.07, 6.45) is 0.854. The summed E-state index contributed by atoms with van der Waals surface area (Å²) in [5.74, 6) is 1.71. The fourth-order valence-electron chi connectivity index (χ4n) is 3.92. The molecule has 2 heterocycles. The predicted molar refractivity (Wildman–Crippen MR) is 125 cm³/mol. The van der Waals surface area contributed by atoms with Crippen molar-refractivity contribution in [1.29, 1.82) is 5.26 Å². The standard InChI is InChI=1S/C24H24N6O4/c1-12-11-27-28-13(2)21(12)24(26)34-19-8-16-17(9-18(19)31-3)29-30-22(16)14-6-15(10-25)23(33-5)20(7-14)32-4/h6-9,11,24H,26H2,1-5H3,(H,29,30)/t24-/m0/s1. The van der Waals surface area contributed by atoms with Crippen molar-refractivity contribution in [2.75, 3.05) is 21.3 Å². The van der Waals surface area contributed by atoms with Crippen LogP contribution in [0.2, 0.25) is 0 Å². The van der Waals surface area contributed by atoms with Crippen LogP contribution in [-0.4, -0.2) is 41.7 Å². The number of ether oxygens (including phenoxy) is 4. The summed E-state index contributed by atoms with van der Waals surface area (Å²) >= 11 is 0. The van der Waals surface area contributed by atoms with E-state index in [-0.39, 0.29) is 0 Å². The summed E-state index contributed by atoms with van der Waals surface area (Å²) in [4.78, 5) is 0. The Kier molecular flexibility index (Phi) is 6.21. The van der Waals surface area contributed by atoms with Crippen LogP contribution < -0.4 is 24.7 Å². The minimum atomic E-state index is -0.788. The van der Waals surface area contributed by atoms with Gasteiger partial charge in [-0.2, -0.15) is 20.6 Å². The van der Waals surface area contributed by atoms with Gasteiger partial charge in [-0.05, 0) is 37.6 Å². The second-order valence-corrected chi connectivity index (χ2v) is 7.56. The van der Waals surface area contributed by atoms with E-state index in [0.29, 0.717) is 45.5 Å². The van der Waals surface area contributed by atoms with E-state index in [1.54, 1.807) is 37.6 Å². The Morgan fingerprint density at radius 3 is 2.41 bits per heavy atom. The number of aryl methyl sites for hydroxylation is 2. The Bertz CT molecular complexity index is 1390. The number of nitriles is 1. The molecule has 3 N–H and O–H groups in total. The molecular formula is C24H24N6O4. The van der Waals surface area contributed by atoms with Crippen molar-refractivity contribution in [2.24, 2.45) is 5.73 Å². The number of methoxy groups -OCH3 is 3. The van der Waals surface area contributed by atoms with E-state index in [1.807, 2.05) is 13.8 Å². The normalized spacial score (nSPS) is 11.7. The van der Waals surface area contributed by atoms with Gasteiger partial charge in [0, 0.05) is 22.6 Å². The molecule has 2 aromatic carbocycles. The van der Waals surface area contributed by atoms with E-state index < -0.39 is 6.23 Å². The molecule has 0 aliphatic rings. The number of nitrogens with zero attached hydrogens (tertiary/aromatic N) is 4. The quantitative estimate of drug-likeness (QED) is 0.396. The number of hydrogen-bond donors (Lipinski definition) is 2. The number of H-pyrrole nitrogens is 1. The Morgan fingerprint density at radius 2 is 1.76 bits per heavy atom. The lowest BCUT2D eigenvalue weighted by molar-refractivity contribution is 0.202. The van der Waals surface area contributed by atoms with Crippen LogP contribution >= 0.6 is 0 Å². The topological polar surface area (TPSA) is 141 Å². The Labute approximate surface area is 196 Å². The lowest BCUT2D eigenvalue weighted by atomic mass is 10.0. The van der Waals surface area contributed by atoms with E-state index in [9.17, 15) is 5.26 Å². The van der Waals surface area contributed by atoms with Crippen LogP contribution in [-0.2, 0) is 0 Å². The van der Waals surface area contributed by atoms with Crippen LogP contribution in [0.15, 0.2) is 30.5 Å². The molecule has 10 nitrogen and oxygen atoms in total.